The second kappa shape index (κ2) is 6.24. The van der Waals surface area contributed by atoms with Crippen molar-refractivity contribution in [2.45, 2.75) is 31.2 Å². The van der Waals surface area contributed by atoms with Gasteiger partial charge >= 0.3 is 12.3 Å². The highest BCUT2D eigenvalue weighted by atomic mass is 35.5. The molecular weight excluding hydrogens is 252 g/mol. The van der Waals surface area contributed by atoms with E-state index in [0.29, 0.717) is 13.0 Å². The smallest absolute Gasteiger partial charge is 0.347 e. The largest absolute Gasteiger partial charge is 0.383 e. The molecule has 1 heterocycles. The number of hydrogen-bond acceptors (Lipinski definition) is 2. The Balaban J connectivity index is 0.00000225. The molecule has 3 nitrogen and oxygen atoms in total. The summed E-state index contributed by atoms with van der Waals surface area (Å²) in [6.07, 6.45) is -2.71. The molecule has 96 valence electrons. The molecule has 0 saturated carbocycles. The molecule has 1 fully saturated rings. The van der Waals surface area contributed by atoms with Crippen LogP contribution in [0.1, 0.15) is 12.8 Å². The van der Waals surface area contributed by atoms with E-state index in [-0.39, 0.29) is 12.4 Å². The van der Waals surface area contributed by atoms with Crippen LogP contribution in [-0.4, -0.2) is 37.4 Å². The van der Waals surface area contributed by atoms with E-state index in [1.807, 2.05) is 5.32 Å². The average Bonchev–Trinajstić information content (AvgIpc) is 2.18. The lowest BCUT2D eigenvalue weighted by molar-refractivity contribution is -0.170. The minimum atomic E-state index is -4.60. The van der Waals surface area contributed by atoms with Crippen LogP contribution in [0.4, 0.5) is 17.6 Å². The van der Waals surface area contributed by atoms with Gasteiger partial charge in [-0.25, -0.2) is 8.78 Å². The minimum Gasteiger partial charge on any atom is -0.347 e. The fraction of sp³-hybridized carbons (Fsp3) is 0.875. The number of piperidine rings is 1. The Hall–Kier alpha value is -0.560. The molecule has 16 heavy (non-hydrogen) atoms. The quantitative estimate of drug-likeness (QED) is 0.752. The molecule has 1 aliphatic heterocycles. The van der Waals surface area contributed by atoms with Crippen LogP contribution in [0.3, 0.4) is 0 Å². The van der Waals surface area contributed by atoms with Gasteiger partial charge in [0.15, 0.2) is 0 Å². The zero-order valence-electron chi connectivity index (χ0n) is 8.31. The lowest BCUT2D eigenvalue weighted by atomic mass is 10.1. The minimum absolute atomic E-state index is 0. The normalized spacial score (nSPS) is 21.4. The van der Waals surface area contributed by atoms with E-state index in [0.717, 1.165) is 13.0 Å². The number of nitrogens with one attached hydrogen (secondary N) is 2. The van der Waals surface area contributed by atoms with E-state index in [2.05, 4.69) is 5.32 Å². The Labute approximate surface area is 96.4 Å². The van der Waals surface area contributed by atoms with Crippen molar-refractivity contribution in [1.82, 2.24) is 10.6 Å². The molecule has 0 unspecified atom stereocenters. The maximum atomic E-state index is 12.5. The number of amides is 1. The molecular formula is C8H13ClF4N2O. The summed E-state index contributed by atoms with van der Waals surface area (Å²) >= 11 is 0. The van der Waals surface area contributed by atoms with Gasteiger partial charge in [0.25, 0.3) is 5.91 Å². The van der Waals surface area contributed by atoms with Crippen LogP contribution in [0.25, 0.3) is 0 Å². The number of hydrogen-bond donors (Lipinski definition) is 2. The predicted molar refractivity (Wildman–Crippen MR) is 52.2 cm³/mol. The molecule has 1 saturated heterocycles. The van der Waals surface area contributed by atoms with Crippen LogP contribution < -0.4 is 10.6 Å². The Morgan fingerprint density at radius 2 is 2.06 bits per heavy atom. The van der Waals surface area contributed by atoms with Crippen molar-refractivity contribution in [2.75, 3.05) is 13.1 Å². The molecule has 1 aliphatic rings. The van der Waals surface area contributed by atoms with Crippen LogP contribution in [-0.2, 0) is 4.79 Å². The highest BCUT2D eigenvalue weighted by Gasteiger charge is 2.49. The molecule has 0 radical (unpaired) electrons. The van der Waals surface area contributed by atoms with Crippen molar-refractivity contribution < 1.29 is 22.4 Å². The van der Waals surface area contributed by atoms with Crippen LogP contribution in [0.5, 0.6) is 0 Å². The summed E-state index contributed by atoms with van der Waals surface area (Å²) < 4.78 is 48.6. The molecule has 8 heteroatoms. The fourth-order valence-electron chi connectivity index (χ4n) is 1.36. The summed E-state index contributed by atoms with van der Waals surface area (Å²) in [4.78, 5) is 10.8. The van der Waals surface area contributed by atoms with Gasteiger partial charge in [-0.1, -0.05) is 0 Å². The Kier molecular flexibility index (Phi) is 6.02. The van der Waals surface area contributed by atoms with Gasteiger partial charge in [0, 0.05) is 12.6 Å². The van der Waals surface area contributed by atoms with Crippen molar-refractivity contribution >= 4 is 18.3 Å². The van der Waals surface area contributed by atoms with Gasteiger partial charge in [-0.3, -0.25) is 4.79 Å². The Morgan fingerprint density at radius 3 is 2.50 bits per heavy atom. The molecule has 1 atom stereocenters. The van der Waals surface area contributed by atoms with Crippen LogP contribution in [0.15, 0.2) is 0 Å². The molecule has 0 aromatic heterocycles. The first-order valence-corrected chi connectivity index (χ1v) is 4.62. The van der Waals surface area contributed by atoms with Crippen LogP contribution in [0, 0.1) is 0 Å². The molecule has 0 aliphatic carbocycles. The Bertz CT molecular complexity index is 234. The second-order valence-corrected chi connectivity index (χ2v) is 3.44. The average molecular weight is 265 g/mol. The lowest BCUT2D eigenvalue weighted by Gasteiger charge is -2.25. The van der Waals surface area contributed by atoms with Crippen LogP contribution >= 0.6 is 12.4 Å². The molecule has 1 rings (SSSR count). The van der Waals surface area contributed by atoms with Crippen molar-refractivity contribution in [2.24, 2.45) is 0 Å². The van der Waals surface area contributed by atoms with E-state index < -0.39 is 24.3 Å². The van der Waals surface area contributed by atoms with Gasteiger partial charge in [-0.05, 0) is 19.4 Å². The maximum absolute atomic E-state index is 12.5. The maximum Gasteiger partial charge on any atom is 0.383 e. The summed E-state index contributed by atoms with van der Waals surface area (Å²) in [6, 6.07) is -0.490. The summed E-state index contributed by atoms with van der Waals surface area (Å²) in [5.41, 5.74) is 0. The molecule has 0 spiro atoms. The lowest BCUT2D eigenvalue weighted by Crippen LogP contribution is -2.53. The third-order valence-corrected chi connectivity index (χ3v) is 2.21. The first-order chi connectivity index (χ1) is 6.94. The van der Waals surface area contributed by atoms with Crippen molar-refractivity contribution in [3.05, 3.63) is 0 Å². The summed E-state index contributed by atoms with van der Waals surface area (Å²) in [7, 11) is 0. The SMILES string of the molecule is Cl.O=C(N[C@H]1CCCNC1)C(F)(F)C(F)F. The first-order valence-electron chi connectivity index (χ1n) is 4.62. The van der Waals surface area contributed by atoms with Gasteiger partial charge in [-0.15, -0.1) is 12.4 Å². The summed E-state index contributed by atoms with van der Waals surface area (Å²) in [6.45, 7) is 1.09. The standard InChI is InChI=1S/C8H12F4N2O.ClH/c9-6(10)8(11,12)7(15)14-5-2-1-3-13-4-5;/h5-6,13H,1-4H2,(H,14,15);1H/t5-;/m0./s1. The van der Waals surface area contributed by atoms with Crippen molar-refractivity contribution in [1.29, 1.82) is 0 Å². The van der Waals surface area contributed by atoms with E-state index in [4.69, 9.17) is 0 Å². The van der Waals surface area contributed by atoms with Gasteiger partial charge in [0.05, 0.1) is 0 Å². The highest BCUT2D eigenvalue weighted by molar-refractivity contribution is 5.85. The summed E-state index contributed by atoms with van der Waals surface area (Å²) in [5.74, 6) is -6.50. The number of carbonyl (C=O) groups excluding carboxylic acids is 1. The number of rotatable bonds is 3. The van der Waals surface area contributed by atoms with Gasteiger partial charge in [0.2, 0.25) is 0 Å². The van der Waals surface area contributed by atoms with Crippen LogP contribution in [0.2, 0.25) is 0 Å². The third-order valence-electron chi connectivity index (χ3n) is 2.21. The highest BCUT2D eigenvalue weighted by Crippen LogP contribution is 2.23. The van der Waals surface area contributed by atoms with Gasteiger partial charge in [-0.2, -0.15) is 8.78 Å². The molecule has 0 aromatic carbocycles. The predicted octanol–water partition coefficient (Wildman–Crippen LogP) is 1.18. The van der Waals surface area contributed by atoms with Crippen molar-refractivity contribution in [3.63, 3.8) is 0 Å². The van der Waals surface area contributed by atoms with Gasteiger partial charge in [0.1, 0.15) is 0 Å². The molecule has 0 aromatic rings. The zero-order chi connectivity index (χ0) is 11.5. The Morgan fingerprint density at radius 1 is 1.44 bits per heavy atom. The number of alkyl halides is 4. The molecule has 2 N–H and O–H groups in total. The van der Waals surface area contributed by atoms with E-state index >= 15 is 0 Å². The van der Waals surface area contributed by atoms with E-state index in [9.17, 15) is 22.4 Å². The number of carbonyl (C=O) groups is 1. The third kappa shape index (κ3) is 3.79. The zero-order valence-corrected chi connectivity index (χ0v) is 9.13. The number of halogens is 5. The molecule has 0 bridgehead atoms. The summed E-state index contributed by atoms with van der Waals surface area (Å²) in [5, 5.41) is 4.78. The fourth-order valence-corrected chi connectivity index (χ4v) is 1.36. The van der Waals surface area contributed by atoms with Gasteiger partial charge < -0.3 is 10.6 Å². The topological polar surface area (TPSA) is 41.1 Å². The second-order valence-electron chi connectivity index (χ2n) is 3.44. The first kappa shape index (κ1) is 15.4. The monoisotopic (exact) mass is 264 g/mol. The molecule has 1 amide bonds. The van der Waals surface area contributed by atoms with Crippen molar-refractivity contribution in [3.8, 4) is 0 Å². The van der Waals surface area contributed by atoms with E-state index in [1.54, 1.807) is 0 Å². The van der Waals surface area contributed by atoms with E-state index in [1.165, 1.54) is 0 Å².